The molecule has 4 heterocycles. The molecule has 128 valence electrons. The van der Waals surface area contributed by atoms with Crippen LogP contribution in [0.25, 0.3) is 0 Å². The van der Waals surface area contributed by atoms with Crippen LogP contribution < -0.4 is 4.74 Å². The largest absolute Gasteiger partial charge is 0.477 e. The Morgan fingerprint density at radius 1 is 1.21 bits per heavy atom. The fraction of sp³-hybridized carbons (Fsp3) is 0.556. The van der Waals surface area contributed by atoms with Crippen LogP contribution in [-0.2, 0) is 17.8 Å². The van der Waals surface area contributed by atoms with Crippen molar-refractivity contribution >= 4 is 0 Å². The molecule has 0 N–H and O–H groups in total. The normalized spacial score (nSPS) is 22.8. The lowest BCUT2D eigenvalue weighted by atomic mass is 10.0. The van der Waals surface area contributed by atoms with Gasteiger partial charge in [-0.3, -0.25) is 4.90 Å². The molecule has 6 nitrogen and oxygen atoms in total. The Bertz CT molecular complexity index is 639. The second-order valence-corrected chi connectivity index (χ2v) is 6.66. The van der Waals surface area contributed by atoms with Crippen LogP contribution in [0, 0.1) is 5.92 Å². The van der Waals surface area contributed by atoms with Crippen LogP contribution in [0.1, 0.15) is 18.5 Å². The first-order valence-corrected chi connectivity index (χ1v) is 8.73. The molecule has 0 spiro atoms. The van der Waals surface area contributed by atoms with Crippen LogP contribution in [0.3, 0.4) is 0 Å². The van der Waals surface area contributed by atoms with E-state index in [1.54, 1.807) is 6.20 Å². The van der Waals surface area contributed by atoms with Crippen molar-refractivity contribution in [2.75, 3.05) is 26.4 Å². The zero-order chi connectivity index (χ0) is 16.2. The van der Waals surface area contributed by atoms with Crippen molar-refractivity contribution in [3.63, 3.8) is 0 Å². The zero-order valence-corrected chi connectivity index (χ0v) is 13.9. The van der Waals surface area contributed by atoms with Gasteiger partial charge < -0.3 is 14.0 Å². The molecule has 2 aliphatic heterocycles. The third kappa shape index (κ3) is 3.60. The SMILES string of the molecule is c1ccc(OC[C@H]2CN(C3CCOCC3)Cc3cncn3C2)nc1. The number of aromatic nitrogens is 3. The van der Waals surface area contributed by atoms with Gasteiger partial charge in [0.25, 0.3) is 0 Å². The molecular weight excluding hydrogens is 304 g/mol. The van der Waals surface area contributed by atoms with Crippen molar-refractivity contribution in [2.45, 2.75) is 32.0 Å². The van der Waals surface area contributed by atoms with E-state index < -0.39 is 0 Å². The number of rotatable bonds is 4. The average molecular weight is 328 g/mol. The van der Waals surface area contributed by atoms with E-state index in [2.05, 4.69) is 19.4 Å². The summed E-state index contributed by atoms with van der Waals surface area (Å²) in [5, 5.41) is 0. The van der Waals surface area contributed by atoms with Gasteiger partial charge >= 0.3 is 0 Å². The Labute approximate surface area is 142 Å². The van der Waals surface area contributed by atoms with E-state index >= 15 is 0 Å². The number of imidazole rings is 1. The summed E-state index contributed by atoms with van der Waals surface area (Å²) in [5.74, 6) is 1.12. The van der Waals surface area contributed by atoms with Gasteiger partial charge in [0.1, 0.15) is 0 Å². The Morgan fingerprint density at radius 2 is 2.12 bits per heavy atom. The maximum absolute atomic E-state index is 5.93. The summed E-state index contributed by atoms with van der Waals surface area (Å²) in [6, 6.07) is 6.37. The Balaban J connectivity index is 1.46. The van der Waals surface area contributed by atoms with Gasteiger partial charge in [-0.25, -0.2) is 9.97 Å². The molecule has 4 rings (SSSR count). The fourth-order valence-electron chi connectivity index (χ4n) is 3.65. The molecule has 1 saturated heterocycles. The van der Waals surface area contributed by atoms with Crippen LogP contribution in [0.5, 0.6) is 5.88 Å². The molecule has 1 atom stereocenters. The van der Waals surface area contributed by atoms with Gasteiger partial charge in [-0.1, -0.05) is 6.07 Å². The summed E-state index contributed by atoms with van der Waals surface area (Å²) in [7, 11) is 0. The van der Waals surface area contributed by atoms with E-state index in [0.29, 0.717) is 24.4 Å². The van der Waals surface area contributed by atoms with Crippen LogP contribution >= 0.6 is 0 Å². The van der Waals surface area contributed by atoms with Gasteiger partial charge in [-0.2, -0.15) is 0 Å². The summed E-state index contributed by atoms with van der Waals surface area (Å²) in [4.78, 5) is 11.2. The number of fused-ring (bicyclic) bond motifs is 1. The van der Waals surface area contributed by atoms with E-state index in [-0.39, 0.29) is 0 Å². The maximum Gasteiger partial charge on any atom is 0.213 e. The lowest BCUT2D eigenvalue weighted by molar-refractivity contribution is 0.0233. The summed E-state index contributed by atoms with van der Waals surface area (Å²) in [6.07, 6.45) is 7.93. The summed E-state index contributed by atoms with van der Waals surface area (Å²) in [5.41, 5.74) is 1.29. The molecule has 2 aromatic heterocycles. The third-order valence-electron chi connectivity index (χ3n) is 4.92. The molecule has 1 fully saturated rings. The standard InChI is InChI=1S/C18H24N4O2/c1-2-6-20-18(3-1)24-13-15-10-21(16-4-7-23-8-5-16)12-17-9-19-14-22(17)11-15/h1-3,6,9,14-16H,4-5,7-8,10-13H2/t15-/m0/s1. The smallest absolute Gasteiger partial charge is 0.213 e. The Hall–Kier alpha value is -1.92. The maximum atomic E-state index is 5.93. The molecule has 0 aromatic carbocycles. The van der Waals surface area contributed by atoms with Crippen LogP contribution in [0.15, 0.2) is 36.9 Å². The lowest BCUT2D eigenvalue weighted by Gasteiger charge is -2.34. The van der Waals surface area contributed by atoms with Crippen molar-refractivity contribution in [1.29, 1.82) is 0 Å². The summed E-state index contributed by atoms with van der Waals surface area (Å²) < 4.78 is 13.7. The van der Waals surface area contributed by atoms with Crippen molar-refractivity contribution in [2.24, 2.45) is 5.92 Å². The molecule has 0 saturated carbocycles. The molecule has 0 bridgehead atoms. The topological polar surface area (TPSA) is 52.4 Å². The lowest BCUT2D eigenvalue weighted by Crippen LogP contribution is -2.41. The van der Waals surface area contributed by atoms with E-state index in [9.17, 15) is 0 Å². The van der Waals surface area contributed by atoms with E-state index in [4.69, 9.17) is 9.47 Å². The zero-order valence-electron chi connectivity index (χ0n) is 13.9. The van der Waals surface area contributed by atoms with E-state index in [1.807, 2.05) is 30.7 Å². The molecule has 2 aliphatic rings. The van der Waals surface area contributed by atoms with Crippen LogP contribution in [0.4, 0.5) is 0 Å². The highest BCUT2D eigenvalue weighted by molar-refractivity contribution is 5.09. The summed E-state index contributed by atoms with van der Waals surface area (Å²) in [6.45, 7) is 5.37. The number of nitrogens with zero attached hydrogens (tertiary/aromatic N) is 4. The molecule has 6 heteroatoms. The van der Waals surface area contributed by atoms with Crippen molar-refractivity contribution in [1.82, 2.24) is 19.4 Å². The van der Waals surface area contributed by atoms with Crippen molar-refractivity contribution in [3.8, 4) is 5.88 Å². The minimum Gasteiger partial charge on any atom is -0.477 e. The van der Waals surface area contributed by atoms with Crippen molar-refractivity contribution in [3.05, 3.63) is 42.6 Å². The highest BCUT2D eigenvalue weighted by Gasteiger charge is 2.28. The number of hydrogen-bond donors (Lipinski definition) is 0. The average Bonchev–Trinajstić information content (AvgIpc) is 2.99. The monoisotopic (exact) mass is 328 g/mol. The fourth-order valence-corrected chi connectivity index (χ4v) is 3.65. The van der Waals surface area contributed by atoms with E-state index in [1.165, 1.54) is 5.69 Å². The Kier molecular flexibility index (Phi) is 4.76. The first-order valence-electron chi connectivity index (χ1n) is 8.73. The second kappa shape index (κ2) is 7.32. The Morgan fingerprint density at radius 3 is 2.96 bits per heavy atom. The summed E-state index contributed by atoms with van der Waals surface area (Å²) >= 11 is 0. The minimum absolute atomic E-state index is 0.422. The third-order valence-corrected chi connectivity index (χ3v) is 4.92. The van der Waals surface area contributed by atoms with Gasteiger partial charge in [0.05, 0.1) is 18.6 Å². The molecule has 0 unspecified atom stereocenters. The first-order chi connectivity index (χ1) is 11.9. The molecule has 24 heavy (non-hydrogen) atoms. The molecular formula is C18H24N4O2. The predicted molar refractivity (Wildman–Crippen MR) is 89.7 cm³/mol. The van der Waals surface area contributed by atoms with Crippen LogP contribution in [-0.4, -0.2) is 51.8 Å². The van der Waals surface area contributed by atoms with Crippen molar-refractivity contribution < 1.29 is 9.47 Å². The second-order valence-electron chi connectivity index (χ2n) is 6.66. The van der Waals surface area contributed by atoms with Gasteiger partial charge in [-0.15, -0.1) is 0 Å². The van der Waals surface area contributed by atoms with Gasteiger partial charge in [0, 0.05) is 63.3 Å². The molecule has 0 radical (unpaired) electrons. The predicted octanol–water partition coefficient (Wildman–Crippen LogP) is 1.97. The van der Waals surface area contributed by atoms with Gasteiger partial charge in [0.15, 0.2) is 0 Å². The molecule has 2 aromatic rings. The van der Waals surface area contributed by atoms with Gasteiger partial charge in [0.2, 0.25) is 5.88 Å². The minimum atomic E-state index is 0.422. The highest BCUT2D eigenvalue weighted by Crippen LogP contribution is 2.23. The van der Waals surface area contributed by atoms with E-state index in [0.717, 1.165) is 45.7 Å². The number of ether oxygens (including phenoxy) is 2. The quantitative estimate of drug-likeness (QED) is 0.859. The van der Waals surface area contributed by atoms with Gasteiger partial charge in [-0.05, 0) is 18.9 Å². The number of hydrogen-bond acceptors (Lipinski definition) is 5. The highest BCUT2D eigenvalue weighted by atomic mass is 16.5. The first kappa shape index (κ1) is 15.6. The molecule has 0 amide bonds. The molecule has 0 aliphatic carbocycles. The number of pyridine rings is 1. The van der Waals surface area contributed by atoms with Crippen LogP contribution in [0.2, 0.25) is 0 Å².